The zero-order valence-corrected chi connectivity index (χ0v) is 11.1. The minimum atomic E-state index is -0.343. The number of nitrogens with one attached hydrogen (secondary N) is 2. The molecule has 16 heavy (non-hydrogen) atoms. The largest absolute Gasteiger partial charge is 0.391 e. The molecule has 0 aromatic carbocycles. The molecule has 6 heteroatoms. The lowest BCUT2D eigenvalue weighted by Gasteiger charge is -2.13. The van der Waals surface area contributed by atoms with E-state index in [1.54, 1.807) is 7.05 Å². The molecule has 1 heterocycles. The molecule has 5 nitrogen and oxygen atoms in total. The third-order valence-corrected chi connectivity index (χ3v) is 2.90. The van der Waals surface area contributed by atoms with E-state index in [4.69, 9.17) is 0 Å². The van der Waals surface area contributed by atoms with E-state index in [9.17, 15) is 5.11 Å². The number of aliphatic hydroxyl groups is 1. The van der Waals surface area contributed by atoms with E-state index in [2.05, 4.69) is 36.5 Å². The maximum atomic E-state index is 9.59. The zero-order chi connectivity index (χ0) is 12.0. The fourth-order valence-corrected chi connectivity index (χ4v) is 1.86. The van der Waals surface area contributed by atoms with Crippen LogP contribution in [0.2, 0.25) is 0 Å². The maximum absolute atomic E-state index is 9.59. The molecule has 0 aliphatic rings. The standard InChI is InChI=1S/C10H17BrN4O/c1-3-4-7(16)5-13-10-8(11)9(12-2)14-6-15-10/h6-7,16H,3-5H2,1-2H3,(H2,12,13,14,15). The molecule has 1 aromatic heterocycles. The first-order chi connectivity index (χ1) is 7.69. The molecule has 3 N–H and O–H groups in total. The minimum absolute atomic E-state index is 0.343. The smallest absolute Gasteiger partial charge is 0.146 e. The van der Waals surface area contributed by atoms with Gasteiger partial charge in [0.2, 0.25) is 0 Å². The Bertz CT molecular complexity index is 335. The number of halogens is 1. The van der Waals surface area contributed by atoms with Crippen LogP contribution in [0.4, 0.5) is 11.6 Å². The van der Waals surface area contributed by atoms with Crippen molar-refractivity contribution < 1.29 is 5.11 Å². The van der Waals surface area contributed by atoms with Gasteiger partial charge in [-0.1, -0.05) is 13.3 Å². The first-order valence-corrected chi connectivity index (χ1v) is 6.08. The molecular formula is C10H17BrN4O. The number of aromatic nitrogens is 2. The topological polar surface area (TPSA) is 70.1 Å². The van der Waals surface area contributed by atoms with Crippen LogP contribution in [0, 0.1) is 0 Å². The molecule has 1 atom stereocenters. The molecule has 0 radical (unpaired) electrons. The summed E-state index contributed by atoms with van der Waals surface area (Å²) in [6.45, 7) is 2.54. The van der Waals surface area contributed by atoms with Gasteiger partial charge < -0.3 is 15.7 Å². The van der Waals surface area contributed by atoms with Crippen molar-refractivity contribution in [3.8, 4) is 0 Å². The lowest BCUT2D eigenvalue weighted by atomic mass is 10.2. The summed E-state index contributed by atoms with van der Waals surface area (Å²) in [5.74, 6) is 1.41. The van der Waals surface area contributed by atoms with Crippen LogP contribution >= 0.6 is 15.9 Å². The van der Waals surface area contributed by atoms with Crippen molar-refractivity contribution in [1.29, 1.82) is 0 Å². The Morgan fingerprint density at radius 3 is 2.75 bits per heavy atom. The van der Waals surface area contributed by atoms with E-state index in [-0.39, 0.29) is 6.10 Å². The van der Waals surface area contributed by atoms with Gasteiger partial charge in [0.1, 0.15) is 22.4 Å². The first kappa shape index (κ1) is 13.2. The van der Waals surface area contributed by atoms with Crippen molar-refractivity contribution in [2.45, 2.75) is 25.9 Å². The van der Waals surface area contributed by atoms with Crippen molar-refractivity contribution in [1.82, 2.24) is 9.97 Å². The van der Waals surface area contributed by atoms with Gasteiger partial charge in [-0.25, -0.2) is 9.97 Å². The summed E-state index contributed by atoms with van der Waals surface area (Å²) in [5.41, 5.74) is 0. The van der Waals surface area contributed by atoms with Crippen molar-refractivity contribution in [3.05, 3.63) is 10.8 Å². The van der Waals surface area contributed by atoms with Crippen LogP contribution in [0.1, 0.15) is 19.8 Å². The number of anilines is 2. The van der Waals surface area contributed by atoms with Crippen LogP contribution in [0.15, 0.2) is 10.8 Å². The second kappa shape index (κ2) is 6.65. The van der Waals surface area contributed by atoms with E-state index >= 15 is 0 Å². The van der Waals surface area contributed by atoms with Crippen LogP contribution in [0.5, 0.6) is 0 Å². The number of hydrogen-bond acceptors (Lipinski definition) is 5. The van der Waals surface area contributed by atoms with E-state index in [0.29, 0.717) is 12.4 Å². The minimum Gasteiger partial charge on any atom is -0.391 e. The molecule has 1 aromatic rings. The van der Waals surface area contributed by atoms with Gasteiger partial charge in [0.25, 0.3) is 0 Å². The normalized spacial score (nSPS) is 12.2. The van der Waals surface area contributed by atoms with Gasteiger partial charge in [0.05, 0.1) is 6.10 Å². The summed E-state index contributed by atoms with van der Waals surface area (Å²) in [5, 5.41) is 15.6. The van der Waals surface area contributed by atoms with Crippen molar-refractivity contribution in [2.24, 2.45) is 0 Å². The molecule has 0 aliphatic heterocycles. The summed E-state index contributed by atoms with van der Waals surface area (Å²) in [6.07, 6.45) is 2.89. The Morgan fingerprint density at radius 2 is 2.12 bits per heavy atom. The van der Waals surface area contributed by atoms with E-state index < -0.39 is 0 Å². The number of aliphatic hydroxyl groups excluding tert-OH is 1. The second-order valence-corrected chi connectivity index (χ2v) is 4.25. The van der Waals surface area contributed by atoms with Gasteiger partial charge in [0.15, 0.2) is 0 Å². The van der Waals surface area contributed by atoms with Crippen molar-refractivity contribution in [2.75, 3.05) is 24.2 Å². The van der Waals surface area contributed by atoms with Crippen LogP contribution in [-0.2, 0) is 0 Å². The summed E-state index contributed by atoms with van der Waals surface area (Å²) in [7, 11) is 1.79. The van der Waals surface area contributed by atoms with Crippen LogP contribution in [0.3, 0.4) is 0 Å². The summed E-state index contributed by atoms with van der Waals surface area (Å²) < 4.78 is 0.779. The highest BCUT2D eigenvalue weighted by atomic mass is 79.9. The average Bonchev–Trinajstić information content (AvgIpc) is 2.28. The lowest BCUT2D eigenvalue weighted by Crippen LogP contribution is -2.20. The Balaban J connectivity index is 2.60. The third kappa shape index (κ3) is 3.61. The fourth-order valence-electron chi connectivity index (χ4n) is 1.32. The van der Waals surface area contributed by atoms with Gasteiger partial charge >= 0.3 is 0 Å². The molecule has 0 saturated carbocycles. The highest BCUT2D eigenvalue weighted by Crippen LogP contribution is 2.25. The molecule has 0 spiro atoms. The Kier molecular flexibility index (Phi) is 5.48. The Hall–Kier alpha value is -0.880. The predicted molar refractivity (Wildman–Crippen MR) is 68.7 cm³/mol. The van der Waals surface area contributed by atoms with Crippen LogP contribution < -0.4 is 10.6 Å². The van der Waals surface area contributed by atoms with Gasteiger partial charge in [-0.05, 0) is 22.4 Å². The molecule has 0 fully saturated rings. The third-order valence-electron chi connectivity index (χ3n) is 2.15. The van der Waals surface area contributed by atoms with Crippen LogP contribution in [0.25, 0.3) is 0 Å². The van der Waals surface area contributed by atoms with Gasteiger partial charge in [-0.3, -0.25) is 0 Å². The SMILES string of the molecule is CCCC(O)CNc1ncnc(NC)c1Br. The molecule has 1 unspecified atom stereocenters. The molecule has 90 valence electrons. The Labute approximate surface area is 104 Å². The van der Waals surface area contributed by atoms with Gasteiger partial charge in [-0.15, -0.1) is 0 Å². The highest BCUT2D eigenvalue weighted by Gasteiger charge is 2.08. The number of hydrogen-bond donors (Lipinski definition) is 3. The highest BCUT2D eigenvalue weighted by molar-refractivity contribution is 9.10. The van der Waals surface area contributed by atoms with Crippen LogP contribution in [-0.4, -0.2) is 34.8 Å². The van der Waals surface area contributed by atoms with Crippen molar-refractivity contribution in [3.63, 3.8) is 0 Å². The Morgan fingerprint density at radius 1 is 1.44 bits per heavy atom. The lowest BCUT2D eigenvalue weighted by molar-refractivity contribution is 0.176. The zero-order valence-electron chi connectivity index (χ0n) is 9.50. The molecule has 0 amide bonds. The molecule has 0 aliphatic carbocycles. The summed E-state index contributed by atoms with van der Waals surface area (Å²) in [4.78, 5) is 8.15. The molecular weight excluding hydrogens is 272 g/mol. The van der Waals surface area contributed by atoms with Crippen molar-refractivity contribution >= 4 is 27.6 Å². The first-order valence-electron chi connectivity index (χ1n) is 5.29. The molecule has 0 bridgehead atoms. The molecule has 1 rings (SSSR count). The average molecular weight is 289 g/mol. The predicted octanol–water partition coefficient (Wildman–Crippen LogP) is 1.85. The number of nitrogens with zero attached hydrogens (tertiary/aromatic N) is 2. The monoisotopic (exact) mass is 288 g/mol. The van der Waals surface area contributed by atoms with E-state index in [1.165, 1.54) is 6.33 Å². The summed E-state index contributed by atoms with van der Waals surface area (Å²) >= 11 is 3.40. The van der Waals surface area contributed by atoms with Gasteiger partial charge in [0, 0.05) is 13.6 Å². The van der Waals surface area contributed by atoms with Gasteiger partial charge in [-0.2, -0.15) is 0 Å². The second-order valence-electron chi connectivity index (χ2n) is 3.46. The fraction of sp³-hybridized carbons (Fsp3) is 0.600. The molecule has 0 saturated heterocycles. The maximum Gasteiger partial charge on any atom is 0.146 e. The van der Waals surface area contributed by atoms with E-state index in [0.717, 1.165) is 23.1 Å². The quantitative estimate of drug-likeness (QED) is 0.745. The number of rotatable bonds is 6. The summed E-state index contributed by atoms with van der Waals surface area (Å²) in [6, 6.07) is 0. The van der Waals surface area contributed by atoms with E-state index in [1.807, 2.05) is 6.92 Å².